The predicted molar refractivity (Wildman–Crippen MR) is 56.3 cm³/mol. The van der Waals surface area contributed by atoms with Crippen LogP contribution in [-0.4, -0.2) is 9.38 Å². The minimum absolute atomic E-state index is 0.640. The van der Waals surface area contributed by atoms with Crippen molar-refractivity contribution in [3.05, 3.63) is 29.7 Å². The first-order valence-corrected chi connectivity index (χ1v) is 5.00. The molecule has 14 heavy (non-hydrogen) atoms. The van der Waals surface area contributed by atoms with E-state index < -0.39 is 0 Å². The Kier molecular flexibility index (Phi) is 1.40. The van der Waals surface area contributed by atoms with Crippen LogP contribution in [0.2, 0.25) is 0 Å². The van der Waals surface area contributed by atoms with Crippen molar-refractivity contribution in [1.29, 1.82) is 0 Å². The fourth-order valence-electron chi connectivity index (χ4n) is 1.99. The van der Waals surface area contributed by atoms with Crippen LogP contribution < -0.4 is 5.73 Å². The number of pyridine rings is 1. The minimum atomic E-state index is 0.640. The van der Waals surface area contributed by atoms with E-state index in [1.54, 1.807) is 0 Å². The lowest BCUT2D eigenvalue weighted by Gasteiger charge is -2.00. The Hall–Kier alpha value is -1.51. The first kappa shape index (κ1) is 7.85. The summed E-state index contributed by atoms with van der Waals surface area (Å²) in [6.45, 7) is 2.07. The van der Waals surface area contributed by atoms with Gasteiger partial charge in [0.1, 0.15) is 11.6 Å². The Balaban J connectivity index is 2.37. The molecule has 3 heteroatoms. The summed E-state index contributed by atoms with van der Waals surface area (Å²) in [5, 5.41) is 0. The van der Waals surface area contributed by atoms with E-state index >= 15 is 0 Å². The van der Waals surface area contributed by atoms with Crippen LogP contribution in [-0.2, 0) is 0 Å². The number of aromatic nitrogens is 2. The maximum Gasteiger partial charge on any atom is 0.150 e. The lowest BCUT2D eigenvalue weighted by Crippen LogP contribution is -1.92. The number of rotatable bonds is 1. The summed E-state index contributed by atoms with van der Waals surface area (Å²) in [6, 6.07) is 4.12. The van der Waals surface area contributed by atoms with Gasteiger partial charge in [0.25, 0.3) is 0 Å². The Morgan fingerprint density at radius 3 is 3.00 bits per heavy atom. The van der Waals surface area contributed by atoms with Crippen LogP contribution in [0.15, 0.2) is 18.3 Å². The smallest absolute Gasteiger partial charge is 0.150 e. The topological polar surface area (TPSA) is 43.3 Å². The fraction of sp³-hybridized carbons (Fsp3) is 0.364. The van der Waals surface area contributed by atoms with E-state index in [4.69, 9.17) is 5.73 Å². The number of anilines is 1. The number of nitrogens with zero attached hydrogens (tertiary/aromatic N) is 2. The van der Waals surface area contributed by atoms with Crippen molar-refractivity contribution in [2.75, 3.05) is 5.73 Å². The molecule has 2 heterocycles. The third-order valence-corrected chi connectivity index (χ3v) is 2.86. The maximum atomic E-state index is 5.91. The van der Waals surface area contributed by atoms with Gasteiger partial charge in [-0.25, -0.2) is 4.98 Å². The highest BCUT2D eigenvalue weighted by molar-refractivity contribution is 5.71. The number of aryl methyl sites for hydroxylation is 1. The average Bonchev–Trinajstić information content (AvgIpc) is 2.93. The second-order valence-electron chi connectivity index (χ2n) is 4.04. The summed E-state index contributed by atoms with van der Waals surface area (Å²) >= 11 is 0. The SMILES string of the molecule is Cc1cccn2c(C3CC3)nc(N)c12. The summed E-state index contributed by atoms with van der Waals surface area (Å²) in [6.07, 6.45) is 4.57. The standard InChI is InChI=1S/C11H13N3/c1-7-3-2-6-14-9(7)10(12)13-11(14)8-4-5-8/h2-3,6,8H,4-5,12H2,1H3. The Bertz CT molecular complexity index is 494. The Morgan fingerprint density at radius 2 is 2.29 bits per heavy atom. The molecular formula is C11H13N3. The van der Waals surface area contributed by atoms with Gasteiger partial charge in [0.15, 0.2) is 0 Å². The molecule has 1 fully saturated rings. The van der Waals surface area contributed by atoms with E-state index in [9.17, 15) is 0 Å². The number of hydrogen-bond donors (Lipinski definition) is 1. The number of fused-ring (bicyclic) bond motifs is 1. The molecule has 0 aliphatic heterocycles. The van der Waals surface area contributed by atoms with Crippen molar-refractivity contribution in [2.24, 2.45) is 0 Å². The highest BCUT2D eigenvalue weighted by Crippen LogP contribution is 2.40. The van der Waals surface area contributed by atoms with E-state index in [1.807, 2.05) is 0 Å². The van der Waals surface area contributed by atoms with E-state index in [1.165, 1.54) is 18.4 Å². The van der Waals surface area contributed by atoms with Gasteiger partial charge in [0, 0.05) is 12.1 Å². The zero-order valence-corrected chi connectivity index (χ0v) is 8.20. The molecule has 0 bridgehead atoms. The van der Waals surface area contributed by atoms with Crippen molar-refractivity contribution < 1.29 is 0 Å². The summed E-state index contributed by atoms with van der Waals surface area (Å²) < 4.78 is 2.14. The van der Waals surface area contributed by atoms with Crippen molar-refractivity contribution in [2.45, 2.75) is 25.7 Å². The summed E-state index contributed by atoms with van der Waals surface area (Å²) in [7, 11) is 0. The first-order valence-electron chi connectivity index (χ1n) is 5.00. The van der Waals surface area contributed by atoms with E-state index in [2.05, 4.69) is 34.6 Å². The molecule has 0 atom stereocenters. The molecule has 2 aromatic heterocycles. The summed E-state index contributed by atoms with van der Waals surface area (Å²) in [5.74, 6) is 2.45. The monoisotopic (exact) mass is 187 g/mol. The van der Waals surface area contributed by atoms with E-state index in [-0.39, 0.29) is 0 Å². The molecule has 1 aliphatic carbocycles. The van der Waals surface area contributed by atoms with Gasteiger partial charge in [0.05, 0.1) is 5.52 Å². The van der Waals surface area contributed by atoms with Crippen molar-refractivity contribution in [3.63, 3.8) is 0 Å². The molecular weight excluding hydrogens is 174 g/mol. The molecule has 3 nitrogen and oxygen atoms in total. The van der Waals surface area contributed by atoms with Crippen LogP contribution in [0.5, 0.6) is 0 Å². The molecule has 1 saturated carbocycles. The van der Waals surface area contributed by atoms with Crippen LogP contribution >= 0.6 is 0 Å². The van der Waals surface area contributed by atoms with Gasteiger partial charge < -0.3 is 10.1 Å². The molecule has 0 spiro atoms. The lowest BCUT2D eigenvalue weighted by molar-refractivity contribution is 0.920. The fourth-order valence-corrected chi connectivity index (χ4v) is 1.99. The number of imidazole rings is 1. The van der Waals surface area contributed by atoms with Crippen LogP contribution in [0.4, 0.5) is 5.82 Å². The van der Waals surface area contributed by atoms with Gasteiger partial charge in [-0.15, -0.1) is 0 Å². The third kappa shape index (κ3) is 0.953. The molecule has 3 rings (SSSR count). The largest absolute Gasteiger partial charge is 0.382 e. The quantitative estimate of drug-likeness (QED) is 0.743. The lowest BCUT2D eigenvalue weighted by atomic mass is 10.2. The van der Waals surface area contributed by atoms with Crippen molar-refractivity contribution in [1.82, 2.24) is 9.38 Å². The van der Waals surface area contributed by atoms with Gasteiger partial charge in [0.2, 0.25) is 0 Å². The van der Waals surface area contributed by atoms with E-state index in [0.717, 1.165) is 11.3 Å². The van der Waals surface area contributed by atoms with Gasteiger partial charge in [-0.05, 0) is 31.4 Å². The third-order valence-electron chi connectivity index (χ3n) is 2.86. The Labute approximate surface area is 82.6 Å². The van der Waals surface area contributed by atoms with Gasteiger partial charge in [-0.2, -0.15) is 0 Å². The zero-order valence-electron chi connectivity index (χ0n) is 8.20. The van der Waals surface area contributed by atoms with Crippen molar-refractivity contribution >= 4 is 11.3 Å². The van der Waals surface area contributed by atoms with Crippen LogP contribution in [0, 0.1) is 6.92 Å². The molecule has 0 radical (unpaired) electrons. The molecule has 0 unspecified atom stereocenters. The highest BCUT2D eigenvalue weighted by Gasteiger charge is 2.28. The highest BCUT2D eigenvalue weighted by atomic mass is 15.1. The predicted octanol–water partition coefficient (Wildman–Crippen LogP) is 2.10. The maximum absolute atomic E-state index is 5.91. The molecule has 2 aromatic rings. The first-order chi connectivity index (χ1) is 6.77. The normalized spacial score (nSPS) is 16.4. The molecule has 2 N–H and O–H groups in total. The van der Waals surface area contributed by atoms with Gasteiger partial charge in [-0.1, -0.05) is 6.07 Å². The average molecular weight is 187 g/mol. The second-order valence-corrected chi connectivity index (χ2v) is 4.04. The zero-order chi connectivity index (χ0) is 9.71. The van der Waals surface area contributed by atoms with Gasteiger partial charge in [-0.3, -0.25) is 0 Å². The van der Waals surface area contributed by atoms with Crippen LogP contribution in [0.3, 0.4) is 0 Å². The van der Waals surface area contributed by atoms with Gasteiger partial charge >= 0.3 is 0 Å². The van der Waals surface area contributed by atoms with Crippen LogP contribution in [0.1, 0.15) is 30.1 Å². The summed E-state index contributed by atoms with van der Waals surface area (Å²) in [4.78, 5) is 4.45. The Morgan fingerprint density at radius 1 is 1.50 bits per heavy atom. The second kappa shape index (κ2) is 2.50. The van der Waals surface area contributed by atoms with Crippen LogP contribution in [0.25, 0.3) is 5.52 Å². The number of hydrogen-bond acceptors (Lipinski definition) is 2. The van der Waals surface area contributed by atoms with Crippen molar-refractivity contribution in [3.8, 4) is 0 Å². The number of nitrogens with two attached hydrogens (primary N) is 1. The minimum Gasteiger partial charge on any atom is -0.382 e. The molecule has 1 aliphatic rings. The summed E-state index contributed by atoms with van der Waals surface area (Å²) in [5.41, 5.74) is 8.19. The molecule has 0 aromatic carbocycles. The van der Waals surface area contributed by atoms with E-state index in [0.29, 0.717) is 11.7 Å². The molecule has 0 saturated heterocycles. The molecule has 72 valence electrons. The molecule has 0 amide bonds. The number of nitrogen functional groups attached to an aromatic ring is 1.